The topological polar surface area (TPSA) is 109 Å². The van der Waals surface area contributed by atoms with Crippen molar-refractivity contribution >= 4 is 34.9 Å². The number of anilines is 2. The fraction of sp³-hybridized carbons (Fsp3) is 0.360. The van der Waals surface area contributed by atoms with Gasteiger partial charge in [-0.05, 0) is 37.6 Å². The summed E-state index contributed by atoms with van der Waals surface area (Å²) in [6, 6.07) is 7.15. The zero-order valence-electron chi connectivity index (χ0n) is 20.3. The molecule has 9 nitrogen and oxygen atoms in total. The lowest BCUT2D eigenvalue weighted by Gasteiger charge is -2.36. The minimum atomic E-state index is -0.154. The number of nitrogens with zero attached hydrogens (tertiary/aromatic N) is 5. The fourth-order valence-electron chi connectivity index (χ4n) is 4.19. The third kappa shape index (κ3) is 5.09. The predicted molar refractivity (Wildman–Crippen MR) is 136 cm³/mol. The first-order valence-electron chi connectivity index (χ1n) is 11.4. The van der Waals surface area contributed by atoms with Crippen molar-refractivity contribution in [3.05, 3.63) is 58.1 Å². The van der Waals surface area contributed by atoms with Crippen molar-refractivity contribution in [1.82, 2.24) is 19.9 Å². The second-order valence-electron chi connectivity index (χ2n) is 8.88. The maximum absolute atomic E-state index is 12.8. The number of benzene rings is 1. The quantitative estimate of drug-likeness (QED) is 0.577. The van der Waals surface area contributed by atoms with Crippen LogP contribution >= 0.6 is 11.6 Å². The lowest BCUT2D eigenvalue weighted by Crippen LogP contribution is -2.49. The summed E-state index contributed by atoms with van der Waals surface area (Å²) in [5.74, 6) is 1.28. The summed E-state index contributed by atoms with van der Waals surface area (Å²) in [7, 11) is 3.37. The number of pyridine rings is 1. The molecule has 3 aromatic rings. The van der Waals surface area contributed by atoms with E-state index in [9.17, 15) is 9.59 Å². The molecule has 4 rings (SSSR count). The van der Waals surface area contributed by atoms with Crippen LogP contribution in [0.3, 0.4) is 0 Å². The van der Waals surface area contributed by atoms with E-state index in [0.29, 0.717) is 54.0 Å². The molecule has 3 heterocycles. The molecule has 1 aromatic carbocycles. The summed E-state index contributed by atoms with van der Waals surface area (Å²) >= 11 is 6.36. The molecule has 0 atom stereocenters. The van der Waals surface area contributed by atoms with Gasteiger partial charge in [-0.25, -0.2) is 4.98 Å². The van der Waals surface area contributed by atoms with E-state index < -0.39 is 0 Å². The summed E-state index contributed by atoms with van der Waals surface area (Å²) in [5.41, 5.74) is 10.6. The van der Waals surface area contributed by atoms with E-state index in [1.54, 1.807) is 32.4 Å². The van der Waals surface area contributed by atoms with Crippen molar-refractivity contribution in [2.24, 2.45) is 0 Å². The number of carbonyl (C=O) groups excluding carboxylic acids is 2. The van der Waals surface area contributed by atoms with Crippen molar-refractivity contribution in [3.63, 3.8) is 0 Å². The van der Waals surface area contributed by atoms with Crippen LogP contribution in [-0.4, -0.2) is 72.0 Å². The van der Waals surface area contributed by atoms with Gasteiger partial charge in [0.1, 0.15) is 5.76 Å². The first-order chi connectivity index (χ1) is 16.7. The average molecular weight is 497 g/mol. The molecule has 1 aliphatic rings. The van der Waals surface area contributed by atoms with E-state index >= 15 is 0 Å². The Morgan fingerprint density at radius 1 is 1.11 bits per heavy atom. The summed E-state index contributed by atoms with van der Waals surface area (Å²) in [6.45, 7) is 6.11. The van der Waals surface area contributed by atoms with Crippen LogP contribution in [0.1, 0.15) is 27.4 Å². The molecular formula is C25H29ClN6O3. The van der Waals surface area contributed by atoms with E-state index in [1.165, 1.54) is 4.90 Å². The highest BCUT2D eigenvalue weighted by Gasteiger charge is 2.25. The van der Waals surface area contributed by atoms with Crippen molar-refractivity contribution < 1.29 is 14.1 Å². The number of nitrogen functional groups attached to an aromatic ring is 1. The molecule has 0 saturated carbocycles. The van der Waals surface area contributed by atoms with Crippen LogP contribution < -0.4 is 10.6 Å². The highest BCUT2D eigenvalue weighted by molar-refractivity contribution is 6.34. The number of piperazine rings is 1. The van der Waals surface area contributed by atoms with E-state index in [1.807, 2.05) is 30.9 Å². The lowest BCUT2D eigenvalue weighted by atomic mass is 10.0. The number of carbonyl (C=O) groups is 2. The number of aromatic nitrogens is 2. The standard InChI is InChI=1S/C25H29ClN6O3/c1-15-20(16(2)35-29-15)13-23(33)31-7-9-32(10-8-31)24-22(27)12-18(14-28-24)17-5-6-19(21(26)11-17)25(34)30(3)4/h5-6,11-12,14H,7-10,13,27H2,1-4H3. The first-order valence-corrected chi connectivity index (χ1v) is 11.7. The Hall–Kier alpha value is -3.59. The number of rotatable bonds is 5. The normalized spacial score (nSPS) is 13.7. The van der Waals surface area contributed by atoms with Gasteiger partial charge in [-0.15, -0.1) is 0 Å². The summed E-state index contributed by atoms with van der Waals surface area (Å²) < 4.78 is 5.17. The Bertz CT molecular complexity index is 1240. The summed E-state index contributed by atoms with van der Waals surface area (Å²) in [5, 5.41) is 4.30. The average Bonchev–Trinajstić information content (AvgIpc) is 3.15. The number of hydrogen-bond donors (Lipinski definition) is 1. The van der Waals surface area contributed by atoms with Crippen LogP contribution in [0.2, 0.25) is 5.02 Å². The van der Waals surface area contributed by atoms with Crippen molar-refractivity contribution in [3.8, 4) is 11.1 Å². The van der Waals surface area contributed by atoms with E-state index in [-0.39, 0.29) is 18.2 Å². The molecule has 10 heteroatoms. The summed E-state index contributed by atoms with van der Waals surface area (Å²) in [4.78, 5) is 35.0. The van der Waals surface area contributed by atoms with Crippen molar-refractivity contribution in [2.45, 2.75) is 20.3 Å². The maximum Gasteiger partial charge on any atom is 0.254 e. The zero-order chi connectivity index (χ0) is 25.3. The number of hydrogen-bond acceptors (Lipinski definition) is 7. The Labute approximate surface area is 209 Å². The molecule has 35 heavy (non-hydrogen) atoms. The van der Waals surface area contributed by atoms with Gasteiger partial charge >= 0.3 is 0 Å². The second kappa shape index (κ2) is 9.95. The lowest BCUT2D eigenvalue weighted by molar-refractivity contribution is -0.130. The molecule has 1 aliphatic heterocycles. The minimum absolute atomic E-state index is 0.0587. The van der Waals surface area contributed by atoms with Gasteiger partial charge in [0.05, 0.1) is 28.4 Å². The molecule has 2 N–H and O–H groups in total. The molecule has 0 bridgehead atoms. The molecule has 2 amide bonds. The molecule has 0 unspecified atom stereocenters. The molecule has 0 spiro atoms. The largest absolute Gasteiger partial charge is 0.396 e. The Balaban J connectivity index is 1.42. The predicted octanol–water partition coefficient (Wildman–Crippen LogP) is 3.18. The van der Waals surface area contributed by atoms with Gasteiger partial charge in [-0.3, -0.25) is 9.59 Å². The third-order valence-electron chi connectivity index (χ3n) is 6.28. The van der Waals surface area contributed by atoms with Gasteiger partial charge in [0.15, 0.2) is 5.82 Å². The van der Waals surface area contributed by atoms with Crippen LogP contribution in [0.5, 0.6) is 0 Å². The molecule has 2 aromatic heterocycles. The number of nitrogens with two attached hydrogens (primary N) is 1. The van der Waals surface area contributed by atoms with Crippen molar-refractivity contribution in [1.29, 1.82) is 0 Å². The molecule has 1 fully saturated rings. The van der Waals surface area contributed by atoms with E-state index in [0.717, 1.165) is 22.4 Å². The highest BCUT2D eigenvalue weighted by atomic mass is 35.5. The Morgan fingerprint density at radius 3 is 2.40 bits per heavy atom. The van der Waals surface area contributed by atoms with Crippen LogP contribution in [0.4, 0.5) is 11.5 Å². The number of halogens is 1. The SMILES string of the molecule is Cc1noc(C)c1CC(=O)N1CCN(c2ncc(-c3ccc(C(=O)N(C)C)c(Cl)c3)cc2N)CC1. The van der Waals surface area contributed by atoms with Gasteiger partial charge in [0.25, 0.3) is 5.91 Å². The number of aryl methyl sites for hydroxylation is 2. The van der Waals surface area contributed by atoms with Crippen LogP contribution in [0.15, 0.2) is 35.0 Å². The smallest absolute Gasteiger partial charge is 0.254 e. The van der Waals surface area contributed by atoms with Crippen LogP contribution in [0, 0.1) is 13.8 Å². The Morgan fingerprint density at radius 2 is 1.83 bits per heavy atom. The second-order valence-corrected chi connectivity index (χ2v) is 9.29. The molecule has 184 valence electrons. The molecule has 0 aliphatic carbocycles. The monoisotopic (exact) mass is 496 g/mol. The third-order valence-corrected chi connectivity index (χ3v) is 6.59. The zero-order valence-corrected chi connectivity index (χ0v) is 21.1. The summed E-state index contributed by atoms with van der Waals surface area (Å²) in [6.07, 6.45) is 2.04. The highest BCUT2D eigenvalue weighted by Crippen LogP contribution is 2.30. The van der Waals surface area contributed by atoms with Gasteiger partial charge in [0.2, 0.25) is 5.91 Å². The van der Waals surface area contributed by atoms with Crippen LogP contribution in [0.25, 0.3) is 11.1 Å². The van der Waals surface area contributed by atoms with Gasteiger partial charge < -0.3 is 25.0 Å². The van der Waals surface area contributed by atoms with E-state index in [4.69, 9.17) is 21.9 Å². The van der Waals surface area contributed by atoms with Gasteiger partial charge in [-0.1, -0.05) is 22.8 Å². The molecular weight excluding hydrogens is 468 g/mol. The first kappa shape index (κ1) is 24.5. The van der Waals surface area contributed by atoms with Gasteiger partial charge in [-0.2, -0.15) is 0 Å². The van der Waals surface area contributed by atoms with Crippen LogP contribution in [-0.2, 0) is 11.2 Å². The Kier molecular flexibility index (Phi) is 6.98. The molecule has 0 radical (unpaired) electrons. The maximum atomic E-state index is 12.8. The van der Waals surface area contributed by atoms with E-state index in [2.05, 4.69) is 15.0 Å². The minimum Gasteiger partial charge on any atom is -0.396 e. The van der Waals surface area contributed by atoms with Gasteiger partial charge in [0, 0.05) is 57.6 Å². The fourth-order valence-corrected chi connectivity index (χ4v) is 4.45. The number of amides is 2. The van der Waals surface area contributed by atoms with Crippen molar-refractivity contribution in [2.75, 3.05) is 50.9 Å². The molecule has 1 saturated heterocycles.